The van der Waals surface area contributed by atoms with Crippen molar-refractivity contribution >= 4 is 28.9 Å². The van der Waals surface area contributed by atoms with E-state index in [-0.39, 0.29) is 10.9 Å². The number of nitrogens with one attached hydrogen (secondary N) is 1. The van der Waals surface area contributed by atoms with Crippen LogP contribution in [0.25, 0.3) is 0 Å². The molecule has 3 nitrogen and oxygen atoms in total. The zero-order chi connectivity index (χ0) is 14.5. The van der Waals surface area contributed by atoms with E-state index in [0.717, 1.165) is 18.5 Å². The lowest BCUT2D eigenvalue weighted by Gasteiger charge is -2.08. The first-order valence-corrected chi connectivity index (χ1v) is 6.94. The van der Waals surface area contributed by atoms with Crippen molar-refractivity contribution in [2.24, 2.45) is 0 Å². The van der Waals surface area contributed by atoms with Crippen LogP contribution < -0.4 is 11.1 Å². The third-order valence-electron chi connectivity index (χ3n) is 3.02. The van der Waals surface area contributed by atoms with Crippen LogP contribution in [-0.2, 0) is 6.42 Å². The van der Waals surface area contributed by atoms with Gasteiger partial charge in [-0.1, -0.05) is 43.1 Å². The van der Waals surface area contributed by atoms with E-state index in [1.165, 1.54) is 5.56 Å². The first-order chi connectivity index (χ1) is 9.61. The van der Waals surface area contributed by atoms with E-state index in [0.29, 0.717) is 11.3 Å². The Morgan fingerprint density at radius 3 is 2.55 bits per heavy atom. The van der Waals surface area contributed by atoms with Gasteiger partial charge in [0, 0.05) is 5.69 Å². The van der Waals surface area contributed by atoms with Crippen molar-refractivity contribution in [3.63, 3.8) is 0 Å². The molecule has 3 N–H and O–H groups in total. The maximum absolute atomic E-state index is 12.1. The highest BCUT2D eigenvalue weighted by atomic mass is 35.5. The van der Waals surface area contributed by atoms with E-state index >= 15 is 0 Å². The van der Waals surface area contributed by atoms with Crippen molar-refractivity contribution in [3.05, 3.63) is 58.6 Å². The van der Waals surface area contributed by atoms with Crippen LogP contribution in [0, 0.1) is 0 Å². The van der Waals surface area contributed by atoms with Gasteiger partial charge in [-0.3, -0.25) is 4.79 Å². The zero-order valence-corrected chi connectivity index (χ0v) is 12.1. The van der Waals surface area contributed by atoms with Gasteiger partial charge in [0.1, 0.15) is 0 Å². The van der Waals surface area contributed by atoms with E-state index in [2.05, 4.69) is 12.2 Å². The molecular formula is C16H17ClN2O. The van der Waals surface area contributed by atoms with E-state index < -0.39 is 0 Å². The number of halogens is 1. The maximum Gasteiger partial charge on any atom is 0.257 e. The number of hydrogen-bond donors (Lipinski definition) is 2. The van der Waals surface area contributed by atoms with Crippen LogP contribution in [-0.4, -0.2) is 5.91 Å². The Kier molecular flexibility index (Phi) is 4.64. The number of carbonyl (C=O) groups is 1. The molecule has 2 rings (SSSR count). The Balaban J connectivity index is 2.13. The standard InChI is InChI=1S/C16H17ClN2O/c1-2-4-11-7-9-12(10-8-11)19-16(20)13-5-3-6-14(18)15(13)17/h3,5-10H,2,4,18H2,1H3,(H,19,20). The average Bonchev–Trinajstić information content (AvgIpc) is 2.44. The van der Waals surface area contributed by atoms with Crippen molar-refractivity contribution in [1.82, 2.24) is 0 Å². The molecule has 0 unspecified atom stereocenters. The summed E-state index contributed by atoms with van der Waals surface area (Å²) in [5.41, 5.74) is 8.47. The Bertz CT molecular complexity index is 608. The molecule has 0 radical (unpaired) electrons. The molecule has 4 heteroatoms. The van der Waals surface area contributed by atoms with Gasteiger partial charge in [-0.15, -0.1) is 0 Å². The molecule has 20 heavy (non-hydrogen) atoms. The molecule has 0 fully saturated rings. The number of rotatable bonds is 4. The van der Waals surface area contributed by atoms with Gasteiger partial charge in [-0.05, 0) is 36.2 Å². The van der Waals surface area contributed by atoms with Gasteiger partial charge < -0.3 is 11.1 Å². The fourth-order valence-electron chi connectivity index (χ4n) is 1.97. The largest absolute Gasteiger partial charge is 0.398 e. The summed E-state index contributed by atoms with van der Waals surface area (Å²) in [4.78, 5) is 12.1. The summed E-state index contributed by atoms with van der Waals surface area (Å²) in [5.74, 6) is -0.259. The van der Waals surface area contributed by atoms with Gasteiger partial charge in [-0.25, -0.2) is 0 Å². The normalized spacial score (nSPS) is 10.3. The molecule has 104 valence electrons. The summed E-state index contributed by atoms with van der Waals surface area (Å²) in [5, 5.41) is 3.10. The highest BCUT2D eigenvalue weighted by Crippen LogP contribution is 2.24. The Morgan fingerprint density at radius 2 is 1.90 bits per heavy atom. The molecule has 0 aliphatic carbocycles. The van der Waals surface area contributed by atoms with Gasteiger partial charge in [0.25, 0.3) is 5.91 Å². The lowest BCUT2D eigenvalue weighted by molar-refractivity contribution is 0.102. The minimum absolute atomic E-state index is 0.259. The number of nitrogens with two attached hydrogens (primary N) is 1. The third-order valence-corrected chi connectivity index (χ3v) is 3.45. The summed E-state index contributed by atoms with van der Waals surface area (Å²) in [6, 6.07) is 12.8. The van der Waals surface area contributed by atoms with Crippen molar-refractivity contribution in [3.8, 4) is 0 Å². The minimum atomic E-state index is -0.259. The molecule has 0 heterocycles. The number of nitrogen functional groups attached to an aromatic ring is 1. The van der Waals surface area contributed by atoms with Gasteiger partial charge in [-0.2, -0.15) is 0 Å². The van der Waals surface area contributed by atoms with Crippen molar-refractivity contribution in [1.29, 1.82) is 0 Å². The highest BCUT2D eigenvalue weighted by Gasteiger charge is 2.12. The SMILES string of the molecule is CCCc1ccc(NC(=O)c2cccc(N)c2Cl)cc1. The van der Waals surface area contributed by atoms with Crippen molar-refractivity contribution in [2.75, 3.05) is 11.1 Å². The number of hydrogen-bond acceptors (Lipinski definition) is 2. The molecule has 0 saturated carbocycles. The first-order valence-electron chi connectivity index (χ1n) is 6.56. The molecule has 2 aromatic rings. The van der Waals surface area contributed by atoms with E-state index in [1.807, 2.05) is 24.3 Å². The molecule has 2 aromatic carbocycles. The molecular weight excluding hydrogens is 272 g/mol. The lowest BCUT2D eigenvalue weighted by atomic mass is 10.1. The smallest absolute Gasteiger partial charge is 0.257 e. The maximum atomic E-state index is 12.1. The Labute approximate surface area is 123 Å². The number of carbonyl (C=O) groups excluding carboxylic acids is 1. The average molecular weight is 289 g/mol. The van der Waals surface area contributed by atoms with Gasteiger partial charge in [0.2, 0.25) is 0 Å². The van der Waals surface area contributed by atoms with Gasteiger partial charge >= 0.3 is 0 Å². The fourth-order valence-corrected chi connectivity index (χ4v) is 2.18. The minimum Gasteiger partial charge on any atom is -0.398 e. The predicted octanol–water partition coefficient (Wildman–Crippen LogP) is 4.13. The summed E-state index contributed by atoms with van der Waals surface area (Å²) in [7, 11) is 0. The van der Waals surface area contributed by atoms with E-state index in [1.54, 1.807) is 18.2 Å². The van der Waals surface area contributed by atoms with E-state index in [4.69, 9.17) is 17.3 Å². The zero-order valence-electron chi connectivity index (χ0n) is 11.3. The molecule has 0 spiro atoms. The topological polar surface area (TPSA) is 55.1 Å². The number of anilines is 2. The van der Waals surface area contributed by atoms with Crippen LogP contribution in [0.1, 0.15) is 29.3 Å². The van der Waals surface area contributed by atoms with Crippen LogP contribution in [0.15, 0.2) is 42.5 Å². The van der Waals surface area contributed by atoms with Gasteiger partial charge in [0.05, 0.1) is 16.3 Å². The number of benzene rings is 2. The Hall–Kier alpha value is -2.00. The third kappa shape index (κ3) is 3.31. The second kappa shape index (κ2) is 6.44. The number of amides is 1. The second-order valence-electron chi connectivity index (χ2n) is 4.61. The monoisotopic (exact) mass is 288 g/mol. The van der Waals surface area contributed by atoms with Crippen LogP contribution in [0.2, 0.25) is 5.02 Å². The number of aryl methyl sites for hydroxylation is 1. The molecule has 0 saturated heterocycles. The molecule has 0 aliphatic heterocycles. The predicted molar refractivity (Wildman–Crippen MR) is 84.3 cm³/mol. The van der Waals surface area contributed by atoms with Crippen molar-refractivity contribution in [2.45, 2.75) is 19.8 Å². The van der Waals surface area contributed by atoms with Gasteiger partial charge in [0.15, 0.2) is 0 Å². The van der Waals surface area contributed by atoms with Crippen LogP contribution in [0.4, 0.5) is 11.4 Å². The molecule has 0 atom stereocenters. The first kappa shape index (κ1) is 14.4. The summed E-state index contributed by atoms with van der Waals surface area (Å²) in [6.45, 7) is 2.14. The molecule has 0 aromatic heterocycles. The van der Waals surface area contributed by atoms with Crippen LogP contribution in [0.3, 0.4) is 0 Å². The second-order valence-corrected chi connectivity index (χ2v) is 4.99. The summed E-state index contributed by atoms with van der Waals surface area (Å²) >= 11 is 6.03. The lowest BCUT2D eigenvalue weighted by Crippen LogP contribution is -2.13. The fraction of sp³-hybridized carbons (Fsp3) is 0.188. The molecule has 0 aliphatic rings. The Morgan fingerprint density at radius 1 is 1.20 bits per heavy atom. The van der Waals surface area contributed by atoms with Crippen LogP contribution >= 0.6 is 11.6 Å². The van der Waals surface area contributed by atoms with Crippen molar-refractivity contribution < 1.29 is 4.79 Å². The summed E-state index contributed by atoms with van der Waals surface area (Å²) in [6.07, 6.45) is 2.14. The summed E-state index contributed by atoms with van der Waals surface area (Å²) < 4.78 is 0. The quantitative estimate of drug-likeness (QED) is 0.831. The molecule has 0 bridgehead atoms. The van der Waals surface area contributed by atoms with Crippen LogP contribution in [0.5, 0.6) is 0 Å². The highest BCUT2D eigenvalue weighted by molar-refractivity contribution is 6.36. The molecule has 1 amide bonds. The van der Waals surface area contributed by atoms with E-state index in [9.17, 15) is 4.79 Å².